The molecule has 0 saturated heterocycles. The number of nitrogens with zero attached hydrogens (tertiary/aromatic N) is 3. The van der Waals surface area contributed by atoms with E-state index in [1.165, 1.54) is 44.2 Å². The van der Waals surface area contributed by atoms with Gasteiger partial charge in [0.25, 0.3) is 0 Å². The standard InChI is InChI=1S/C18H22N4O5S/c1-5-8-22-11(2)20-21-18(22)28-10-15(23)19-14-9-12(16(24)26-3)6-7-13(14)17(25)27-4/h6-7,9H,5,8,10H2,1-4H3,(H,19,23). The number of amides is 1. The van der Waals surface area contributed by atoms with Gasteiger partial charge in [-0.1, -0.05) is 18.7 Å². The van der Waals surface area contributed by atoms with Crippen LogP contribution in [-0.2, 0) is 20.8 Å². The summed E-state index contributed by atoms with van der Waals surface area (Å²) in [5, 5.41) is 11.4. The largest absolute Gasteiger partial charge is 0.465 e. The van der Waals surface area contributed by atoms with Crippen LogP contribution in [0.4, 0.5) is 5.69 Å². The summed E-state index contributed by atoms with van der Waals surface area (Å²) in [7, 11) is 2.49. The number of carbonyl (C=O) groups is 3. The summed E-state index contributed by atoms with van der Waals surface area (Å²) in [5.41, 5.74) is 0.515. The van der Waals surface area contributed by atoms with Crippen molar-refractivity contribution in [3.63, 3.8) is 0 Å². The van der Waals surface area contributed by atoms with Gasteiger partial charge in [-0.15, -0.1) is 10.2 Å². The van der Waals surface area contributed by atoms with Crippen LogP contribution in [0.25, 0.3) is 0 Å². The fourth-order valence-electron chi connectivity index (χ4n) is 2.45. The maximum atomic E-state index is 12.4. The number of nitrogens with one attached hydrogen (secondary N) is 1. The van der Waals surface area contributed by atoms with E-state index in [0.717, 1.165) is 18.8 Å². The van der Waals surface area contributed by atoms with E-state index in [1.54, 1.807) is 0 Å². The average molecular weight is 406 g/mol. The first-order chi connectivity index (χ1) is 13.4. The van der Waals surface area contributed by atoms with Crippen LogP contribution in [0.2, 0.25) is 0 Å². The topological polar surface area (TPSA) is 112 Å². The van der Waals surface area contributed by atoms with Gasteiger partial charge in [-0.2, -0.15) is 0 Å². The Balaban J connectivity index is 2.15. The first-order valence-corrected chi connectivity index (χ1v) is 9.52. The molecule has 2 aromatic rings. The number of hydrogen-bond acceptors (Lipinski definition) is 8. The molecule has 0 atom stereocenters. The van der Waals surface area contributed by atoms with Gasteiger partial charge in [0.15, 0.2) is 5.16 Å². The number of hydrogen-bond donors (Lipinski definition) is 1. The Morgan fingerprint density at radius 1 is 1.14 bits per heavy atom. The number of carbonyl (C=O) groups excluding carboxylic acids is 3. The van der Waals surface area contributed by atoms with Gasteiger partial charge in [0.05, 0.1) is 36.8 Å². The summed E-state index contributed by atoms with van der Waals surface area (Å²) in [6.45, 7) is 4.66. The fraction of sp³-hybridized carbons (Fsp3) is 0.389. The van der Waals surface area contributed by atoms with E-state index >= 15 is 0 Å². The van der Waals surface area contributed by atoms with Crippen LogP contribution in [0, 0.1) is 6.92 Å². The summed E-state index contributed by atoms with van der Waals surface area (Å²) in [6, 6.07) is 4.21. The summed E-state index contributed by atoms with van der Waals surface area (Å²) in [4.78, 5) is 36.1. The van der Waals surface area contributed by atoms with Crippen molar-refractivity contribution in [1.82, 2.24) is 14.8 Å². The van der Waals surface area contributed by atoms with E-state index in [2.05, 4.69) is 20.3 Å². The molecule has 0 bridgehead atoms. The number of aromatic nitrogens is 3. The third kappa shape index (κ3) is 5.10. The number of esters is 2. The Labute approximate surface area is 166 Å². The van der Waals surface area contributed by atoms with Crippen molar-refractivity contribution in [2.45, 2.75) is 32.0 Å². The Morgan fingerprint density at radius 3 is 2.50 bits per heavy atom. The van der Waals surface area contributed by atoms with Gasteiger partial charge in [-0.25, -0.2) is 9.59 Å². The molecule has 150 valence electrons. The van der Waals surface area contributed by atoms with Crippen molar-refractivity contribution in [3.8, 4) is 0 Å². The molecule has 0 spiro atoms. The van der Waals surface area contributed by atoms with E-state index < -0.39 is 11.9 Å². The molecule has 1 aromatic heterocycles. The monoisotopic (exact) mass is 406 g/mol. The maximum absolute atomic E-state index is 12.4. The highest BCUT2D eigenvalue weighted by atomic mass is 32.2. The van der Waals surface area contributed by atoms with Crippen molar-refractivity contribution < 1.29 is 23.9 Å². The summed E-state index contributed by atoms with van der Waals surface area (Å²) >= 11 is 1.24. The molecule has 0 unspecified atom stereocenters. The number of thioether (sulfide) groups is 1. The van der Waals surface area contributed by atoms with Crippen LogP contribution in [0.1, 0.15) is 39.9 Å². The molecular weight excluding hydrogens is 384 g/mol. The molecule has 1 heterocycles. The zero-order chi connectivity index (χ0) is 20.7. The van der Waals surface area contributed by atoms with Gasteiger partial charge in [-0.05, 0) is 31.5 Å². The summed E-state index contributed by atoms with van der Waals surface area (Å²) in [5.74, 6) is -0.725. The lowest BCUT2D eigenvalue weighted by Gasteiger charge is -2.11. The van der Waals surface area contributed by atoms with Crippen molar-refractivity contribution in [1.29, 1.82) is 0 Å². The van der Waals surface area contributed by atoms with Crippen molar-refractivity contribution in [2.75, 3.05) is 25.3 Å². The number of anilines is 1. The van der Waals surface area contributed by atoms with Gasteiger partial charge < -0.3 is 19.4 Å². The van der Waals surface area contributed by atoms with Gasteiger partial charge in [0.2, 0.25) is 5.91 Å². The lowest BCUT2D eigenvalue weighted by atomic mass is 10.1. The maximum Gasteiger partial charge on any atom is 0.339 e. The summed E-state index contributed by atoms with van der Waals surface area (Å²) in [6.07, 6.45) is 0.918. The molecule has 1 N–H and O–H groups in total. The molecule has 10 heteroatoms. The molecule has 0 fully saturated rings. The van der Waals surface area contributed by atoms with E-state index in [4.69, 9.17) is 4.74 Å². The van der Waals surface area contributed by atoms with Crippen LogP contribution in [-0.4, -0.2) is 52.6 Å². The average Bonchev–Trinajstić information content (AvgIpc) is 3.05. The number of aryl methyl sites for hydroxylation is 1. The third-order valence-electron chi connectivity index (χ3n) is 3.80. The molecule has 9 nitrogen and oxygen atoms in total. The number of rotatable bonds is 8. The van der Waals surface area contributed by atoms with Crippen molar-refractivity contribution >= 4 is 35.3 Å². The minimum absolute atomic E-state index is 0.0604. The lowest BCUT2D eigenvalue weighted by molar-refractivity contribution is -0.113. The number of ether oxygens (including phenoxy) is 2. The molecule has 28 heavy (non-hydrogen) atoms. The Morgan fingerprint density at radius 2 is 1.86 bits per heavy atom. The van der Waals surface area contributed by atoms with E-state index in [0.29, 0.717) is 5.16 Å². The quantitative estimate of drug-likeness (QED) is 0.525. The second-order valence-corrected chi connectivity index (χ2v) is 6.70. The Bertz CT molecular complexity index is 881. The second kappa shape index (κ2) is 9.88. The molecule has 0 radical (unpaired) electrons. The second-order valence-electron chi connectivity index (χ2n) is 5.76. The van der Waals surface area contributed by atoms with Crippen LogP contribution in [0.15, 0.2) is 23.4 Å². The molecule has 0 aliphatic rings. The smallest absolute Gasteiger partial charge is 0.339 e. The minimum atomic E-state index is -0.627. The van der Waals surface area contributed by atoms with Crippen molar-refractivity contribution in [3.05, 3.63) is 35.2 Å². The predicted molar refractivity (Wildman–Crippen MR) is 104 cm³/mol. The lowest BCUT2D eigenvalue weighted by Crippen LogP contribution is -2.18. The zero-order valence-corrected chi connectivity index (χ0v) is 17.0. The highest BCUT2D eigenvalue weighted by Crippen LogP contribution is 2.22. The molecule has 2 rings (SSSR count). The van der Waals surface area contributed by atoms with Gasteiger partial charge in [-0.3, -0.25) is 4.79 Å². The van der Waals surface area contributed by atoms with Crippen LogP contribution in [0.5, 0.6) is 0 Å². The molecular formula is C18H22N4O5S. The highest BCUT2D eigenvalue weighted by Gasteiger charge is 2.18. The fourth-order valence-corrected chi connectivity index (χ4v) is 3.26. The minimum Gasteiger partial charge on any atom is -0.465 e. The normalized spacial score (nSPS) is 10.4. The predicted octanol–water partition coefficient (Wildman–Crippen LogP) is 2.30. The molecule has 0 aliphatic carbocycles. The zero-order valence-electron chi connectivity index (χ0n) is 16.1. The number of methoxy groups -OCH3 is 2. The van der Waals surface area contributed by atoms with Gasteiger partial charge in [0, 0.05) is 6.54 Å². The van der Waals surface area contributed by atoms with Gasteiger partial charge >= 0.3 is 11.9 Å². The Kier molecular flexibility index (Phi) is 7.56. The highest BCUT2D eigenvalue weighted by molar-refractivity contribution is 7.99. The third-order valence-corrected chi connectivity index (χ3v) is 4.77. The first kappa shape index (κ1) is 21.4. The Hall–Kier alpha value is -2.88. The van der Waals surface area contributed by atoms with Crippen LogP contribution in [0.3, 0.4) is 0 Å². The van der Waals surface area contributed by atoms with Crippen LogP contribution < -0.4 is 5.32 Å². The van der Waals surface area contributed by atoms with Gasteiger partial charge in [0.1, 0.15) is 5.82 Å². The van der Waals surface area contributed by atoms with Crippen molar-refractivity contribution in [2.24, 2.45) is 0 Å². The molecule has 0 aliphatic heterocycles. The van der Waals surface area contributed by atoms with E-state index in [-0.39, 0.29) is 28.5 Å². The first-order valence-electron chi connectivity index (χ1n) is 8.54. The van der Waals surface area contributed by atoms with E-state index in [9.17, 15) is 14.4 Å². The molecule has 0 saturated carbocycles. The SMILES string of the molecule is CCCn1c(C)nnc1SCC(=O)Nc1cc(C(=O)OC)ccc1C(=O)OC. The molecule has 1 aromatic carbocycles. The van der Waals surface area contributed by atoms with E-state index in [1.807, 2.05) is 18.4 Å². The summed E-state index contributed by atoms with van der Waals surface area (Å²) < 4.78 is 11.3. The number of benzene rings is 1. The molecule has 1 amide bonds. The van der Waals surface area contributed by atoms with Crippen LogP contribution >= 0.6 is 11.8 Å².